The van der Waals surface area contributed by atoms with E-state index in [-0.39, 0.29) is 0 Å². The molecule has 1 N–H and O–H groups in total. The molecule has 3 heteroatoms. The fourth-order valence-corrected chi connectivity index (χ4v) is 7.81. The molecule has 0 saturated heterocycles. The minimum atomic E-state index is -1.90. The van der Waals surface area contributed by atoms with Gasteiger partial charge >= 0.3 is 172 Å². The second-order valence-corrected chi connectivity index (χ2v) is 13.4. The first-order valence-corrected chi connectivity index (χ1v) is 13.6. The third kappa shape index (κ3) is 4.30. The van der Waals surface area contributed by atoms with Gasteiger partial charge in [0, 0.05) is 0 Å². The predicted octanol–water partition coefficient (Wildman–Crippen LogP) is 6.01. The van der Waals surface area contributed by atoms with Gasteiger partial charge < -0.3 is 0 Å². The van der Waals surface area contributed by atoms with Crippen molar-refractivity contribution in [3.63, 3.8) is 0 Å². The zero-order valence-corrected chi connectivity index (χ0v) is 19.1. The van der Waals surface area contributed by atoms with E-state index in [0.717, 1.165) is 0 Å². The molecule has 0 amide bonds. The second kappa shape index (κ2) is 8.61. The van der Waals surface area contributed by atoms with Gasteiger partial charge in [-0.15, -0.1) is 0 Å². The molecule has 0 heterocycles. The first-order valence-electron chi connectivity index (χ1n) is 9.56. The van der Waals surface area contributed by atoms with Crippen LogP contribution in [0, 0.1) is 0 Å². The van der Waals surface area contributed by atoms with Crippen LogP contribution in [-0.4, -0.2) is 15.1 Å². The number of rotatable bonds is 6. The van der Waals surface area contributed by atoms with Gasteiger partial charge in [-0.2, -0.15) is 0 Å². The van der Waals surface area contributed by atoms with E-state index in [1.807, 2.05) is 0 Å². The Labute approximate surface area is 171 Å². The predicted molar refractivity (Wildman–Crippen MR) is 123 cm³/mol. The Balaban J connectivity index is 2.22. The van der Waals surface area contributed by atoms with Gasteiger partial charge in [0.05, 0.1) is 0 Å². The Morgan fingerprint density at radius 3 is 1.41 bits per heavy atom. The van der Waals surface area contributed by atoms with Gasteiger partial charge in [-0.1, -0.05) is 0 Å². The molecule has 3 aromatic rings. The summed E-state index contributed by atoms with van der Waals surface area (Å²) in [5.41, 5.74) is 2.15. The molecule has 0 aliphatic carbocycles. The van der Waals surface area contributed by atoms with E-state index >= 15 is 0 Å². The van der Waals surface area contributed by atoms with Crippen LogP contribution in [-0.2, 0) is 0 Å². The summed E-state index contributed by atoms with van der Waals surface area (Å²) < 4.78 is 0. The minimum absolute atomic E-state index is 0.464. The van der Waals surface area contributed by atoms with Crippen molar-refractivity contribution in [1.29, 1.82) is 0 Å². The third-order valence-corrected chi connectivity index (χ3v) is 10.7. The van der Waals surface area contributed by atoms with Crippen LogP contribution in [0.5, 0.6) is 0 Å². The van der Waals surface area contributed by atoms with Crippen molar-refractivity contribution in [2.75, 3.05) is 5.09 Å². The van der Waals surface area contributed by atoms with Gasteiger partial charge in [-0.05, 0) is 0 Å². The summed E-state index contributed by atoms with van der Waals surface area (Å²) in [5, 5.41) is 6.69. The SMILES string of the molecule is CC(C)c1cccc(C(C)C)c1NP(=[Se])(c1ccccc1)c1ccccc1. The fourth-order valence-electron chi connectivity index (χ4n) is 3.39. The van der Waals surface area contributed by atoms with Crippen LogP contribution in [0.15, 0.2) is 78.9 Å². The summed E-state index contributed by atoms with van der Waals surface area (Å²) in [6.07, 6.45) is 0. The zero-order chi connectivity index (χ0) is 19.4. The van der Waals surface area contributed by atoms with Gasteiger partial charge in [0.2, 0.25) is 0 Å². The summed E-state index contributed by atoms with van der Waals surface area (Å²) in [6.45, 7) is 9.09. The van der Waals surface area contributed by atoms with Gasteiger partial charge in [-0.25, -0.2) is 0 Å². The molecule has 0 fully saturated rings. The number of anilines is 1. The van der Waals surface area contributed by atoms with Crippen LogP contribution in [0.1, 0.15) is 50.7 Å². The normalized spacial score (nSPS) is 11.8. The summed E-state index contributed by atoms with van der Waals surface area (Å²) in [7, 11) is 0. The number of nitrogens with one attached hydrogen (secondary N) is 1. The maximum atomic E-state index is 4.04. The molecule has 0 bridgehead atoms. The van der Waals surface area contributed by atoms with E-state index in [1.54, 1.807) is 0 Å². The average Bonchev–Trinajstić information content (AvgIpc) is 2.69. The zero-order valence-electron chi connectivity index (χ0n) is 16.5. The van der Waals surface area contributed by atoms with Crippen molar-refractivity contribution in [1.82, 2.24) is 0 Å². The Morgan fingerprint density at radius 1 is 0.630 bits per heavy atom. The number of hydrogen-bond donors (Lipinski definition) is 1. The Hall–Kier alpha value is -1.59. The standard InChI is InChI=1S/C24H28NPSe/c1-18(2)22-16-11-17-23(19(3)4)24(22)25-26(27,20-12-7-5-8-13-20)21-14-9-6-10-15-21/h5-19H,1-4H3,(H,25,27). The van der Waals surface area contributed by atoms with Crippen molar-refractivity contribution in [3.8, 4) is 0 Å². The van der Waals surface area contributed by atoms with Crippen LogP contribution < -0.4 is 15.7 Å². The van der Waals surface area contributed by atoms with E-state index < -0.39 is 5.66 Å². The summed E-state index contributed by atoms with van der Waals surface area (Å²) in [5.74, 6) is 0.928. The van der Waals surface area contributed by atoms with Crippen LogP contribution >= 0.6 is 5.66 Å². The molecule has 0 radical (unpaired) electrons. The molecular weight excluding hydrogens is 412 g/mol. The Kier molecular flexibility index (Phi) is 6.43. The number of benzene rings is 3. The van der Waals surface area contributed by atoms with Gasteiger partial charge in [0.15, 0.2) is 0 Å². The average molecular weight is 440 g/mol. The van der Waals surface area contributed by atoms with E-state index in [1.165, 1.54) is 27.4 Å². The monoisotopic (exact) mass is 441 g/mol. The molecule has 0 atom stereocenters. The molecule has 0 aliphatic rings. The van der Waals surface area contributed by atoms with Crippen LogP contribution in [0.3, 0.4) is 0 Å². The first kappa shape index (κ1) is 20.2. The summed E-state index contributed by atoms with van der Waals surface area (Å²) in [4.78, 5) is 0. The maximum absolute atomic E-state index is 4.04. The summed E-state index contributed by atoms with van der Waals surface area (Å²) in [6, 6.07) is 28.3. The van der Waals surface area contributed by atoms with E-state index in [9.17, 15) is 0 Å². The second-order valence-electron chi connectivity index (χ2n) is 7.51. The molecule has 1 nitrogen and oxygen atoms in total. The molecular formula is C24H28NPSe. The Bertz CT molecular complexity index is 863. The van der Waals surface area contributed by atoms with E-state index in [0.29, 0.717) is 11.8 Å². The molecule has 3 rings (SSSR count). The molecule has 0 aromatic heterocycles. The van der Waals surface area contributed by atoms with Crippen molar-refractivity contribution < 1.29 is 0 Å². The van der Waals surface area contributed by atoms with Crippen LogP contribution in [0.4, 0.5) is 5.69 Å². The van der Waals surface area contributed by atoms with Gasteiger partial charge in [-0.3, -0.25) is 0 Å². The van der Waals surface area contributed by atoms with Gasteiger partial charge in [0.1, 0.15) is 0 Å². The third-order valence-electron chi connectivity index (χ3n) is 4.88. The molecule has 0 saturated carbocycles. The van der Waals surface area contributed by atoms with Crippen molar-refractivity contribution in [3.05, 3.63) is 90.0 Å². The number of para-hydroxylation sites is 1. The quantitative estimate of drug-likeness (QED) is 0.366. The number of hydrogen-bond acceptors (Lipinski definition) is 1. The summed E-state index contributed by atoms with van der Waals surface area (Å²) >= 11 is 3.60. The molecule has 27 heavy (non-hydrogen) atoms. The molecule has 140 valence electrons. The van der Waals surface area contributed by atoms with E-state index in [2.05, 4.69) is 127 Å². The van der Waals surface area contributed by atoms with Crippen LogP contribution in [0.2, 0.25) is 0 Å². The van der Waals surface area contributed by atoms with Crippen LogP contribution in [0.25, 0.3) is 0 Å². The van der Waals surface area contributed by atoms with Gasteiger partial charge in [0.25, 0.3) is 0 Å². The van der Waals surface area contributed by atoms with Crippen molar-refractivity contribution in [2.24, 2.45) is 0 Å². The van der Waals surface area contributed by atoms with E-state index in [4.69, 9.17) is 0 Å². The molecule has 0 spiro atoms. The fraction of sp³-hybridized carbons (Fsp3) is 0.250. The molecule has 0 unspecified atom stereocenters. The van der Waals surface area contributed by atoms with Crippen molar-refractivity contribution in [2.45, 2.75) is 39.5 Å². The topological polar surface area (TPSA) is 12.0 Å². The van der Waals surface area contributed by atoms with Crippen molar-refractivity contribution >= 4 is 37.1 Å². The Morgan fingerprint density at radius 2 is 1.04 bits per heavy atom. The molecule has 0 aliphatic heterocycles. The molecule has 3 aromatic carbocycles. The first-order chi connectivity index (χ1) is 12.9.